The van der Waals surface area contributed by atoms with Crippen molar-refractivity contribution in [3.63, 3.8) is 0 Å². The Morgan fingerprint density at radius 1 is 1.42 bits per heavy atom. The topological polar surface area (TPSA) is 95.9 Å². The largest absolute Gasteiger partial charge is 0.480 e. The summed E-state index contributed by atoms with van der Waals surface area (Å²) < 4.78 is 5.31. The maximum Gasteiger partial charge on any atom is 0.328 e. The molecule has 0 aliphatic heterocycles. The zero-order valence-electron chi connectivity index (χ0n) is 10.2. The predicted molar refractivity (Wildman–Crippen MR) is 68.2 cm³/mol. The van der Waals surface area contributed by atoms with Gasteiger partial charge < -0.3 is 20.3 Å². The molecule has 0 spiro atoms. The van der Waals surface area contributed by atoms with Gasteiger partial charge in [-0.3, -0.25) is 4.79 Å². The van der Waals surface area contributed by atoms with Crippen molar-refractivity contribution in [1.82, 2.24) is 5.32 Å². The normalized spacial score (nSPS) is 13.4. The summed E-state index contributed by atoms with van der Waals surface area (Å²) >= 11 is 5.87. The van der Waals surface area contributed by atoms with Crippen molar-refractivity contribution in [2.75, 3.05) is 6.61 Å². The molecule has 0 aliphatic carbocycles. The third kappa shape index (κ3) is 4.42. The van der Waals surface area contributed by atoms with Crippen molar-refractivity contribution in [3.8, 4) is 5.75 Å². The van der Waals surface area contributed by atoms with Crippen LogP contribution in [0.3, 0.4) is 0 Å². The summed E-state index contributed by atoms with van der Waals surface area (Å²) in [6, 6.07) is 5.25. The third-order valence-corrected chi connectivity index (χ3v) is 2.62. The fraction of sp³-hybridized carbons (Fsp3) is 0.333. The number of aliphatic hydroxyl groups excluding tert-OH is 1. The van der Waals surface area contributed by atoms with E-state index in [0.717, 1.165) is 0 Å². The lowest BCUT2D eigenvalue weighted by Gasteiger charge is -2.18. The minimum absolute atomic E-state index is 0.322. The number of carboxylic acids is 1. The molecular formula is C12H14ClNO5. The zero-order valence-corrected chi connectivity index (χ0v) is 10.9. The highest BCUT2D eigenvalue weighted by Crippen LogP contribution is 2.24. The van der Waals surface area contributed by atoms with Gasteiger partial charge in [-0.1, -0.05) is 23.7 Å². The van der Waals surface area contributed by atoms with Crippen LogP contribution in [0.4, 0.5) is 0 Å². The van der Waals surface area contributed by atoms with Crippen LogP contribution < -0.4 is 10.1 Å². The Kier molecular flexibility index (Phi) is 5.59. The average Bonchev–Trinajstić information content (AvgIpc) is 2.37. The van der Waals surface area contributed by atoms with Crippen molar-refractivity contribution in [2.45, 2.75) is 19.1 Å². The molecule has 0 saturated carbocycles. The molecule has 2 atom stereocenters. The van der Waals surface area contributed by atoms with E-state index in [1.807, 2.05) is 0 Å². The zero-order chi connectivity index (χ0) is 14.4. The second-order valence-electron chi connectivity index (χ2n) is 3.77. The molecule has 0 radical (unpaired) electrons. The van der Waals surface area contributed by atoms with Crippen LogP contribution in [0, 0.1) is 0 Å². The highest BCUT2D eigenvalue weighted by atomic mass is 35.5. The van der Waals surface area contributed by atoms with E-state index >= 15 is 0 Å². The first-order valence-electron chi connectivity index (χ1n) is 5.51. The fourth-order valence-corrected chi connectivity index (χ4v) is 1.44. The summed E-state index contributed by atoms with van der Waals surface area (Å²) in [7, 11) is 0. The number of hydrogen-bond donors (Lipinski definition) is 3. The number of hydrogen-bond acceptors (Lipinski definition) is 4. The van der Waals surface area contributed by atoms with Gasteiger partial charge in [-0.05, 0) is 19.1 Å². The maximum absolute atomic E-state index is 11.7. The van der Waals surface area contributed by atoms with Crippen molar-refractivity contribution in [3.05, 3.63) is 29.3 Å². The molecule has 19 heavy (non-hydrogen) atoms. The van der Waals surface area contributed by atoms with E-state index in [9.17, 15) is 9.59 Å². The fourth-order valence-electron chi connectivity index (χ4n) is 1.26. The smallest absolute Gasteiger partial charge is 0.328 e. The predicted octanol–water partition coefficient (Wildman–Crippen LogP) is 0.669. The second kappa shape index (κ2) is 6.96. The molecule has 0 bridgehead atoms. The molecule has 1 amide bonds. The lowest BCUT2D eigenvalue weighted by Crippen LogP contribution is -2.48. The molecule has 104 valence electrons. The monoisotopic (exact) mass is 287 g/mol. The Balaban J connectivity index is 2.63. The molecule has 1 unspecified atom stereocenters. The van der Waals surface area contributed by atoms with Crippen LogP contribution >= 0.6 is 11.6 Å². The van der Waals surface area contributed by atoms with Crippen LogP contribution in [-0.4, -0.2) is 40.8 Å². The van der Waals surface area contributed by atoms with Crippen LogP contribution in [0.1, 0.15) is 6.92 Å². The Morgan fingerprint density at radius 2 is 2.05 bits per heavy atom. The van der Waals surface area contributed by atoms with Gasteiger partial charge in [-0.15, -0.1) is 0 Å². The number of ether oxygens (including phenoxy) is 1. The number of carbonyl (C=O) groups is 2. The van der Waals surface area contributed by atoms with E-state index in [1.165, 1.54) is 6.92 Å². The number of benzene rings is 1. The molecule has 0 heterocycles. The van der Waals surface area contributed by atoms with Gasteiger partial charge in [0, 0.05) is 0 Å². The number of aliphatic hydroxyl groups is 1. The number of carboxylic acid groups (broad SMARTS) is 1. The molecule has 7 heteroatoms. The number of amides is 1. The Hall–Kier alpha value is -1.79. The highest BCUT2D eigenvalue weighted by Gasteiger charge is 2.23. The van der Waals surface area contributed by atoms with Crippen molar-refractivity contribution in [2.24, 2.45) is 0 Å². The van der Waals surface area contributed by atoms with E-state index in [2.05, 4.69) is 5.32 Å². The quantitative estimate of drug-likeness (QED) is 0.715. The molecule has 0 fully saturated rings. The van der Waals surface area contributed by atoms with Gasteiger partial charge in [0.05, 0.1) is 11.6 Å². The van der Waals surface area contributed by atoms with E-state index in [4.69, 9.17) is 26.6 Å². The van der Waals surface area contributed by atoms with E-state index < -0.39 is 30.6 Å². The first-order chi connectivity index (χ1) is 8.95. The number of rotatable bonds is 6. The molecule has 1 aromatic carbocycles. The summed E-state index contributed by atoms with van der Waals surface area (Å²) in [5.74, 6) is -1.65. The number of carbonyl (C=O) groups excluding carboxylic acids is 1. The molecule has 6 nitrogen and oxygen atoms in total. The minimum Gasteiger partial charge on any atom is -0.480 e. The van der Waals surface area contributed by atoms with Crippen molar-refractivity contribution >= 4 is 23.5 Å². The van der Waals surface area contributed by atoms with Crippen LogP contribution in [0.2, 0.25) is 5.02 Å². The number of para-hydroxylation sites is 1. The summed E-state index contributed by atoms with van der Waals surface area (Å²) in [5.41, 5.74) is 0. The SMILES string of the molecule is CC(Oc1ccccc1Cl)C(=O)N[C@H](CO)C(=O)O. The summed E-state index contributed by atoms with van der Waals surface area (Å²) in [6.45, 7) is 0.759. The lowest BCUT2D eigenvalue weighted by atomic mass is 10.2. The Morgan fingerprint density at radius 3 is 2.58 bits per heavy atom. The Bertz CT molecular complexity index is 465. The first kappa shape index (κ1) is 15.3. The molecule has 1 aromatic rings. The molecule has 0 aromatic heterocycles. The Labute approximate surface area is 114 Å². The lowest BCUT2D eigenvalue weighted by molar-refractivity contribution is -0.144. The third-order valence-electron chi connectivity index (χ3n) is 2.31. The minimum atomic E-state index is -1.36. The van der Waals surface area contributed by atoms with Crippen LogP contribution in [0.25, 0.3) is 0 Å². The van der Waals surface area contributed by atoms with Gasteiger partial charge in [-0.25, -0.2) is 4.79 Å². The summed E-state index contributed by atoms with van der Waals surface area (Å²) in [5, 5.41) is 20.0. The van der Waals surface area contributed by atoms with Gasteiger partial charge in [0.25, 0.3) is 5.91 Å². The maximum atomic E-state index is 11.7. The van der Waals surface area contributed by atoms with E-state index in [-0.39, 0.29) is 0 Å². The van der Waals surface area contributed by atoms with Crippen LogP contribution in [0.15, 0.2) is 24.3 Å². The van der Waals surface area contributed by atoms with E-state index in [1.54, 1.807) is 24.3 Å². The van der Waals surface area contributed by atoms with Gasteiger partial charge in [0.2, 0.25) is 0 Å². The molecular weight excluding hydrogens is 274 g/mol. The second-order valence-corrected chi connectivity index (χ2v) is 4.18. The number of aliphatic carboxylic acids is 1. The van der Waals surface area contributed by atoms with Gasteiger partial charge in [0.1, 0.15) is 11.8 Å². The van der Waals surface area contributed by atoms with E-state index in [0.29, 0.717) is 10.8 Å². The summed E-state index contributed by atoms with van der Waals surface area (Å²) in [6.07, 6.45) is -0.937. The van der Waals surface area contributed by atoms with Crippen molar-refractivity contribution in [1.29, 1.82) is 0 Å². The van der Waals surface area contributed by atoms with Crippen LogP contribution in [0.5, 0.6) is 5.75 Å². The summed E-state index contributed by atoms with van der Waals surface area (Å²) in [4.78, 5) is 22.3. The molecule has 0 saturated heterocycles. The standard InChI is InChI=1S/C12H14ClNO5/c1-7(11(16)14-9(6-15)12(17)18)19-10-5-3-2-4-8(10)13/h2-5,7,9,15H,6H2,1H3,(H,14,16)(H,17,18)/t7?,9-/m1/s1. The number of nitrogens with one attached hydrogen (secondary N) is 1. The van der Waals surface area contributed by atoms with Gasteiger partial charge in [0.15, 0.2) is 6.10 Å². The first-order valence-corrected chi connectivity index (χ1v) is 5.88. The highest BCUT2D eigenvalue weighted by molar-refractivity contribution is 6.32. The van der Waals surface area contributed by atoms with Gasteiger partial charge >= 0.3 is 5.97 Å². The molecule has 1 rings (SSSR count). The van der Waals surface area contributed by atoms with Gasteiger partial charge in [-0.2, -0.15) is 0 Å². The van der Waals surface area contributed by atoms with Crippen molar-refractivity contribution < 1.29 is 24.5 Å². The number of halogens is 1. The molecule has 3 N–H and O–H groups in total. The molecule has 0 aliphatic rings. The average molecular weight is 288 g/mol. The van der Waals surface area contributed by atoms with Crippen LogP contribution in [-0.2, 0) is 9.59 Å².